The monoisotopic (exact) mass is 474 g/mol. The molecule has 12 nitrogen and oxygen atoms in total. The van der Waals surface area contributed by atoms with Crippen molar-refractivity contribution in [1.82, 2.24) is 40.1 Å². The van der Waals surface area contributed by atoms with Gasteiger partial charge in [0.25, 0.3) is 11.8 Å². The van der Waals surface area contributed by atoms with E-state index in [-0.39, 0.29) is 36.4 Å². The summed E-state index contributed by atoms with van der Waals surface area (Å²) < 4.78 is 3.60. The van der Waals surface area contributed by atoms with Crippen molar-refractivity contribution in [1.29, 1.82) is 0 Å². The van der Waals surface area contributed by atoms with Crippen LogP contribution >= 0.6 is 0 Å². The molecule has 35 heavy (non-hydrogen) atoms. The Balaban J connectivity index is 1.15. The third kappa shape index (κ3) is 3.66. The van der Waals surface area contributed by atoms with E-state index in [1.165, 1.54) is 15.8 Å². The summed E-state index contributed by atoms with van der Waals surface area (Å²) in [6, 6.07) is 4.53. The minimum Gasteiger partial charge on any atom is -0.345 e. The number of aromatic nitrogens is 5. The van der Waals surface area contributed by atoms with Crippen molar-refractivity contribution in [2.24, 2.45) is 0 Å². The Labute approximate surface area is 199 Å². The van der Waals surface area contributed by atoms with Crippen LogP contribution < -0.4 is 10.6 Å². The number of carbonyl (C=O) groups is 4. The number of rotatable bonds is 5. The van der Waals surface area contributed by atoms with Crippen molar-refractivity contribution in [3.05, 3.63) is 58.9 Å². The van der Waals surface area contributed by atoms with Gasteiger partial charge >= 0.3 is 0 Å². The molecule has 4 amide bonds. The predicted molar refractivity (Wildman–Crippen MR) is 119 cm³/mol. The summed E-state index contributed by atoms with van der Waals surface area (Å²) in [6.07, 6.45) is 5.86. The smallest absolute Gasteiger partial charge is 0.273 e. The minimum absolute atomic E-state index is 0.174. The summed E-state index contributed by atoms with van der Waals surface area (Å²) in [7, 11) is 0. The molecule has 2 aromatic heterocycles. The average Bonchev–Trinajstić information content (AvgIpc) is 3.62. The zero-order valence-corrected chi connectivity index (χ0v) is 18.7. The number of aryl methyl sites for hydroxylation is 1. The van der Waals surface area contributed by atoms with E-state index in [9.17, 15) is 19.2 Å². The lowest BCUT2D eigenvalue weighted by Crippen LogP contribution is -2.52. The van der Waals surface area contributed by atoms with Crippen LogP contribution in [0.5, 0.6) is 0 Å². The topological polar surface area (TPSA) is 144 Å². The highest BCUT2D eigenvalue weighted by molar-refractivity contribution is 6.05. The van der Waals surface area contributed by atoms with Crippen molar-refractivity contribution in [3.8, 4) is 5.69 Å². The molecule has 0 saturated carbocycles. The molecular formula is C23H22N8O4. The molecule has 1 atom stereocenters. The fourth-order valence-corrected chi connectivity index (χ4v) is 4.92. The maximum atomic E-state index is 12.9. The molecule has 1 aromatic carbocycles. The number of amides is 4. The van der Waals surface area contributed by atoms with E-state index in [2.05, 4.69) is 30.5 Å². The zero-order valence-electron chi connectivity index (χ0n) is 18.7. The molecule has 1 saturated heterocycles. The second-order valence-corrected chi connectivity index (χ2v) is 8.89. The Morgan fingerprint density at radius 1 is 1.20 bits per heavy atom. The van der Waals surface area contributed by atoms with Crippen molar-refractivity contribution in [3.63, 3.8) is 0 Å². The SMILES string of the molecule is O=C1CCC(N2Cc3cc(-n4cc(C(=O)NCc5cnc6n5CCC6)nn4)ccc3C2=O)C(=O)N1. The predicted octanol–water partition coefficient (Wildman–Crippen LogP) is 0.101. The Hall–Kier alpha value is -4.35. The first-order valence-electron chi connectivity index (χ1n) is 11.5. The number of hydrogen-bond acceptors (Lipinski definition) is 7. The number of piperidine rings is 1. The largest absolute Gasteiger partial charge is 0.345 e. The summed E-state index contributed by atoms with van der Waals surface area (Å²) in [4.78, 5) is 55.0. The summed E-state index contributed by atoms with van der Waals surface area (Å²) in [6.45, 7) is 1.53. The third-order valence-electron chi connectivity index (χ3n) is 6.73. The summed E-state index contributed by atoms with van der Waals surface area (Å²) in [5, 5.41) is 13.2. The highest BCUT2D eigenvalue weighted by atomic mass is 16.2. The lowest BCUT2D eigenvalue weighted by atomic mass is 10.0. The lowest BCUT2D eigenvalue weighted by Gasteiger charge is -2.29. The minimum atomic E-state index is -0.672. The van der Waals surface area contributed by atoms with Crippen molar-refractivity contribution in [2.45, 2.75) is 51.4 Å². The number of carbonyl (C=O) groups excluding carboxylic acids is 4. The molecule has 0 bridgehead atoms. The van der Waals surface area contributed by atoms with Crippen molar-refractivity contribution >= 4 is 23.6 Å². The van der Waals surface area contributed by atoms with Crippen molar-refractivity contribution < 1.29 is 19.2 Å². The van der Waals surface area contributed by atoms with Crippen LogP contribution in [-0.2, 0) is 35.6 Å². The van der Waals surface area contributed by atoms with Gasteiger partial charge in [-0.2, -0.15) is 0 Å². The maximum absolute atomic E-state index is 12.9. The molecule has 178 valence electrons. The molecule has 6 rings (SSSR count). The van der Waals surface area contributed by atoms with Gasteiger partial charge in [0.2, 0.25) is 11.8 Å². The second kappa shape index (κ2) is 8.15. The van der Waals surface area contributed by atoms with E-state index in [4.69, 9.17) is 0 Å². The van der Waals surface area contributed by atoms with E-state index >= 15 is 0 Å². The van der Waals surface area contributed by atoms with Gasteiger partial charge in [-0.15, -0.1) is 5.10 Å². The number of hydrogen-bond donors (Lipinski definition) is 2. The fraction of sp³-hybridized carbons (Fsp3) is 0.348. The Kier molecular flexibility index (Phi) is 4.94. The highest BCUT2D eigenvalue weighted by Gasteiger charge is 2.39. The highest BCUT2D eigenvalue weighted by Crippen LogP contribution is 2.29. The standard InChI is InChI=1S/C23H22N8O4/c32-20-6-5-18(22(34)26-20)30-11-13-8-14(3-4-16(13)23(30)35)31-12-17(27-28-31)21(33)25-10-15-9-24-19-2-1-7-29(15)19/h3-4,8-9,12,18H,1-2,5-7,10-11H2,(H,25,33)(H,26,32,34). The van der Waals surface area contributed by atoms with Gasteiger partial charge in [0.05, 0.1) is 30.3 Å². The second-order valence-electron chi connectivity index (χ2n) is 8.89. The Bertz CT molecular complexity index is 1390. The van der Waals surface area contributed by atoms with Crippen LogP contribution in [0.15, 0.2) is 30.6 Å². The fourth-order valence-electron chi connectivity index (χ4n) is 4.92. The van der Waals surface area contributed by atoms with Gasteiger partial charge in [-0.3, -0.25) is 24.5 Å². The van der Waals surface area contributed by atoms with E-state index in [1.54, 1.807) is 24.4 Å². The van der Waals surface area contributed by atoms with Crippen LogP contribution in [0.1, 0.15) is 57.2 Å². The molecule has 3 aromatic rings. The van der Waals surface area contributed by atoms with E-state index < -0.39 is 11.9 Å². The van der Waals surface area contributed by atoms with Gasteiger partial charge in [0.1, 0.15) is 11.9 Å². The van der Waals surface area contributed by atoms with Crippen LogP contribution in [0.2, 0.25) is 0 Å². The molecular weight excluding hydrogens is 452 g/mol. The Morgan fingerprint density at radius 3 is 2.94 bits per heavy atom. The average molecular weight is 474 g/mol. The van der Waals surface area contributed by atoms with E-state index in [0.29, 0.717) is 24.2 Å². The molecule has 0 aliphatic carbocycles. The Morgan fingerprint density at radius 2 is 2.09 bits per heavy atom. The van der Waals surface area contributed by atoms with Crippen LogP contribution in [0, 0.1) is 0 Å². The zero-order chi connectivity index (χ0) is 24.1. The molecule has 5 heterocycles. The first-order chi connectivity index (χ1) is 17.0. The number of imidazole rings is 1. The van der Waals surface area contributed by atoms with Gasteiger partial charge < -0.3 is 14.8 Å². The van der Waals surface area contributed by atoms with E-state index in [1.807, 2.05) is 0 Å². The molecule has 1 fully saturated rings. The quantitative estimate of drug-likeness (QED) is 0.499. The van der Waals surface area contributed by atoms with Crippen LogP contribution in [0.25, 0.3) is 5.69 Å². The molecule has 3 aliphatic heterocycles. The van der Waals surface area contributed by atoms with Crippen LogP contribution in [-0.4, -0.2) is 59.1 Å². The van der Waals surface area contributed by atoms with Crippen LogP contribution in [0.3, 0.4) is 0 Å². The molecule has 12 heteroatoms. The maximum Gasteiger partial charge on any atom is 0.273 e. The van der Waals surface area contributed by atoms with E-state index in [0.717, 1.165) is 36.5 Å². The van der Waals surface area contributed by atoms with Gasteiger partial charge in [0, 0.05) is 31.5 Å². The summed E-state index contributed by atoms with van der Waals surface area (Å²) >= 11 is 0. The summed E-state index contributed by atoms with van der Waals surface area (Å²) in [5.74, 6) is -0.309. The first-order valence-corrected chi connectivity index (χ1v) is 11.5. The molecule has 0 spiro atoms. The molecule has 2 N–H and O–H groups in total. The van der Waals surface area contributed by atoms with Gasteiger partial charge in [-0.1, -0.05) is 5.21 Å². The lowest BCUT2D eigenvalue weighted by molar-refractivity contribution is -0.136. The summed E-state index contributed by atoms with van der Waals surface area (Å²) in [5.41, 5.74) is 3.02. The van der Waals surface area contributed by atoms with Gasteiger partial charge in [-0.25, -0.2) is 9.67 Å². The third-order valence-corrected chi connectivity index (χ3v) is 6.73. The number of imide groups is 1. The van der Waals surface area contributed by atoms with Crippen LogP contribution in [0.4, 0.5) is 0 Å². The first kappa shape index (κ1) is 21.2. The molecule has 1 unspecified atom stereocenters. The molecule has 3 aliphatic rings. The number of fused-ring (bicyclic) bond motifs is 2. The number of benzene rings is 1. The normalized spacial score (nSPS) is 19.0. The molecule has 0 radical (unpaired) electrons. The van der Waals surface area contributed by atoms with Gasteiger partial charge in [0.15, 0.2) is 5.69 Å². The number of nitrogens with one attached hydrogen (secondary N) is 2. The number of nitrogens with zero attached hydrogens (tertiary/aromatic N) is 6. The van der Waals surface area contributed by atoms with Gasteiger partial charge in [-0.05, 0) is 36.6 Å². The van der Waals surface area contributed by atoms with Crippen molar-refractivity contribution in [2.75, 3.05) is 0 Å².